The zero-order valence-corrected chi connectivity index (χ0v) is 12.7. The highest BCUT2D eigenvalue weighted by Crippen LogP contribution is 2.19. The van der Waals surface area contributed by atoms with Crippen molar-refractivity contribution in [2.45, 2.75) is 11.3 Å². The minimum Gasteiger partial charge on any atom is -0.375 e. The first-order chi connectivity index (χ1) is 9.41. The van der Waals surface area contributed by atoms with Crippen molar-refractivity contribution in [2.75, 3.05) is 32.5 Å². The molecule has 0 saturated carbocycles. The summed E-state index contributed by atoms with van der Waals surface area (Å²) < 4.78 is 26.0. The summed E-state index contributed by atoms with van der Waals surface area (Å²) in [6.45, 7) is 4.60. The van der Waals surface area contributed by atoms with Gasteiger partial charge in [0, 0.05) is 26.3 Å². The van der Waals surface area contributed by atoms with Crippen LogP contribution in [0.25, 0.3) is 0 Å². The summed E-state index contributed by atoms with van der Waals surface area (Å²) in [7, 11) is -0.203. The molecule has 0 saturated heterocycles. The zero-order valence-electron chi connectivity index (χ0n) is 11.9. The maximum absolute atomic E-state index is 12.4. The van der Waals surface area contributed by atoms with Gasteiger partial charge < -0.3 is 16.4 Å². The Morgan fingerprint density at radius 3 is 2.75 bits per heavy atom. The van der Waals surface area contributed by atoms with Crippen LogP contribution in [0, 0.1) is 0 Å². The summed E-state index contributed by atoms with van der Waals surface area (Å²) in [5.41, 5.74) is 6.07. The van der Waals surface area contributed by atoms with Crippen LogP contribution in [-0.2, 0) is 10.0 Å². The highest BCUT2D eigenvalue weighted by molar-refractivity contribution is 7.89. The molecule has 1 aromatic carbocycles. The van der Waals surface area contributed by atoms with Crippen molar-refractivity contribution in [1.29, 1.82) is 0 Å². The molecule has 0 unspecified atom stereocenters. The third-order valence-corrected chi connectivity index (χ3v) is 4.67. The molecule has 1 rings (SSSR count). The summed E-state index contributed by atoms with van der Waals surface area (Å²) in [5, 5.41) is 5.82. The van der Waals surface area contributed by atoms with Crippen LogP contribution in [0.15, 0.2) is 41.6 Å². The number of anilines is 1. The Morgan fingerprint density at radius 2 is 2.15 bits per heavy atom. The molecule has 0 spiro atoms. The Labute approximate surface area is 120 Å². The Morgan fingerprint density at radius 1 is 1.45 bits per heavy atom. The summed E-state index contributed by atoms with van der Waals surface area (Å²) in [5.74, 6) is 0.594. The van der Waals surface area contributed by atoms with Gasteiger partial charge in [-0.05, 0) is 31.2 Å². The average molecular weight is 298 g/mol. The molecular weight excluding hydrogens is 276 g/mol. The van der Waals surface area contributed by atoms with E-state index in [1.165, 1.54) is 4.31 Å². The topological polar surface area (TPSA) is 87.5 Å². The second-order valence-electron chi connectivity index (χ2n) is 4.35. The molecule has 1 aromatic rings. The predicted octanol–water partition coefficient (Wildman–Crippen LogP) is 0.758. The molecule has 0 aromatic heterocycles. The monoisotopic (exact) mass is 298 g/mol. The van der Waals surface area contributed by atoms with E-state index in [2.05, 4.69) is 17.2 Å². The normalized spacial score (nSPS) is 11.4. The Kier molecular flexibility index (Phi) is 6.00. The number of sulfonamides is 1. The maximum Gasteiger partial charge on any atom is 0.242 e. The van der Waals surface area contributed by atoms with Gasteiger partial charge in [0.05, 0.1) is 10.7 Å². The van der Waals surface area contributed by atoms with Crippen LogP contribution in [-0.4, -0.2) is 39.9 Å². The fraction of sp³-hybridized carbons (Fsp3) is 0.385. The number of nitrogens with one attached hydrogen (secondary N) is 2. The van der Waals surface area contributed by atoms with Crippen molar-refractivity contribution in [2.24, 2.45) is 5.73 Å². The van der Waals surface area contributed by atoms with Crippen molar-refractivity contribution in [3.05, 3.63) is 36.7 Å². The summed E-state index contributed by atoms with van der Waals surface area (Å²) >= 11 is 0. The van der Waals surface area contributed by atoms with Crippen molar-refractivity contribution in [3.63, 3.8) is 0 Å². The van der Waals surface area contributed by atoms with Crippen LogP contribution < -0.4 is 16.4 Å². The van der Waals surface area contributed by atoms with Gasteiger partial charge in [0.2, 0.25) is 10.0 Å². The summed E-state index contributed by atoms with van der Waals surface area (Å²) in [4.78, 5) is 0.242. The summed E-state index contributed by atoms with van der Waals surface area (Å²) in [6.07, 6.45) is 0.629. The number of rotatable bonds is 8. The molecule has 4 N–H and O–H groups in total. The quantitative estimate of drug-likeness (QED) is 0.659. The lowest BCUT2D eigenvalue weighted by atomic mass is 10.3. The molecule has 112 valence electrons. The first kappa shape index (κ1) is 16.5. The molecule has 0 fully saturated rings. The fourth-order valence-corrected chi connectivity index (χ4v) is 2.84. The van der Waals surface area contributed by atoms with E-state index in [4.69, 9.17) is 5.73 Å². The molecule has 0 aliphatic heterocycles. The molecule has 20 heavy (non-hydrogen) atoms. The van der Waals surface area contributed by atoms with Gasteiger partial charge in [0.15, 0.2) is 0 Å². The summed E-state index contributed by atoms with van der Waals surface area (Å²) in [6, 6.07) is 6.62. The van der Waals surface area contributed by atoms with Crippen LogP contribution in [0.2, 0.25) is 0 Å². The fourth-order valence-electron chi connectivity index (χ4n) is 1.59. The minimum atomic E-state index is -3.49. The lowest BCUT2D eigenvalue weighted by molar-refractivity contribution is 0.464. The molecule has 0 aliphatic carbocycles. The molecular formula is C13H22N4O2S. The average Bonchev–Trinajstić information content (AvgIpc) is 2.44. The molecule has 0 heterocycles. The van der Waals surface area contributed by atoms with Crippen LogP contribution in [0.4, 0.5) is 5.69 Å². The number of benzene rings is 1. The maximum atomic E-state index is 12.4. The molecule has 0 bridgehead atoms. The SMILES string of the molecule is C=C(NC)Nc1cccc(S(=O)(=O)N(C)CCCN)c1. The highest BCUT2D eigenvalue weighted by Gasteiger charge is 2.20. The largest absolute Gasteiger partial charge is 0.375 e. The Balaban J connectivity index is 2.95. The van der Waals surface area contributed by atoms with Gasteiger partial charge in [-0.2, -0.15) is 0 Å². The van der Waals surface area contributed by atoms with Crippen molar-refractivity contribution in [1.82, 2.24) is 9.62 Å². The molecule has 7 heteroatoms. The van der Waals surface area contributed by atoms with Gasteiger partial charge in [-0.25, -0.2) is 12.7 Å². The predicted molar refractivity (Wildman–Crippen MR) is 81.8 cm³/mol. The molecule has 0 radical (unpaired) electrons. The van der Waals surface area contributed by atoms with E-state index in [1.807, 2.05) is 0 Å². The second-order valence-corrected chi connectivity index (χ2v) is 6.40. The van der Waals surface area contributed by atoms with E-state index in [0.717, 1.165) is 0 Å². The van der Waals surface area contributed by atoms with Gasteiger partial charge in [0.25, 0.3) is 0 Å². The van der Waals surface area contributed by atoms with Gasteiger partial charge in [-0.3, -0.25) is 0 Å². The Hall–Kier alpha value is -1.57. The smallest absolute Gasteiger partial charge is 0.242 e. The van der Waals surface area contributed by atoms with E-state index in [9.17, 15) is 8.42 Å². The van der Waals surface area contributed by atoms with Gasteiger partial charge >= 0.3 is 0 Å². The molecule has 0 atom stereocenters. The van der Waals surface area contributed by atoms with E-state index in [1.54, 1.807) is 38.4 Å². The van der Waals surface area contributed by atoms with Crippen molar-refractivity contribution < 1.29 is 8.42 Å². The van der Waals surface area contributed by atoms with E-state index in [0.29, 0.717) is 31.0 Å². The minimum absolute atomic E-state index is 0.242. The van der Waals surface area contributed by atoms with Crippen LogP contribution in [0.3, 0.4) is 0 Å². The van der Waals surface area contributed by atoms with Crippen molar-refractivity contribution >= 4 is 15.7 Å². The van der Waals surface area contributed by atoms with Gasteiger partial charge in [-0.1, -0.05) is 12.6 Å². The van der Waals surface area contributed by atoms with Crippen LogP contribution in [0.1, 0.15) is 6.42 Å². The van der Waals surface area contributed by atoms with E-state index < -0.39 is 10.0 Å². The highest BCUT2D eigenvalue weighted by atomic mass is 32.2. The second kappa shape index (κ2) is 7.28. The third kappa shape index (κ3) is 4.22. The van der Waals surface area contributed by atoms with Crippen molar-refractivity contribution in [3.8, 4) is 0 Å². The Bertz CT molecular complexity index is 557. The first-order valence-electron chi connectivity index (χ1n) is 6.32. The number of hydrogen-bond acceptors (Lipinski definition) is 5. The molecule has 6 nitrogen and oxygen atoms in total. The number of hydrogen-bond donors (Lipinski definition) is 3. The van der Waals surface area contributed by atoms with E-state index >= 15 is 0 Å². The number of nitrogens with zero attached hydrogens (tertiary/aromatic N) is 1. The van der Waals surface area contributed by atoms with E-state index in [-0.39, 0.29) is 4.90 Å². The van der Waals surface area contributed by atoms with Crippen LogP contribution >= 0.6 is 0 Å². The standard InChI is InChI=1S/C13H22N4O2S/c1-11(15-2)16-12-6-4-7-13(10-12)20(18,19)17(3)9-5-8-14/h4,6-7,10,15-16H,1,5,8-9,14H2,2-3H3. The van der Waals surface area contributed by atoms with Crippen LogP contribution in [0.5, 0.6) is 0 Å². The number of nitrogens with two attached hydrogens (primary N) is 1. The zero-order chi connectivity index (χ0) is 15.2. The van der Waals surface area contributed by atoms with Gasteiger partial charge in [0.1, 0.15) is 0 Å². The first-order valence-corrected chi connectivity index (χ1v) is 7.76. The lowest BCUT2D eigenvalue weighted by Crippen LogP contribution is -2.29. The molecule has 0 aliphatic rings. The molecule has 0 amide bonds. The lowest BCUT2D eigenvalue weighted by Gasteiger charge is -2.17. The van der Waals surface area contributed by atoms with Gasteiger partial charge in [-0.15, -0.1) is 0 Å². The third-order valence-electron chi connectivity index (χ3n) is 2.82.